The van der Waals surface area contributed by atoms with Gasteiger partial charge in [0.15, 0.2) is 5.17 Å². The largest absolute Gasteiger partial charge is 0.286 e. The number of thioether (sulfide) groups is 1. The molecule has 2 aromatic rings. The molecule has 0 atom stereocenters. The fraction of sp³-hybridized carbons (Fsp3) is 0.263. The van der Waals surface area contributed by atoms with Crippen LogP contribution in [-0.4, -0.2) is 29.1 Å². The number of aliphatic imine (C=N–C) groups is 1. The maximum atomic E-state index is 12.6. The second kappa shape index (κ2) is 7.01. The van der Waals surface area contributed by atoms with Crippen LogP contribution in [0.3, 0.4) is 0 Å². The molecular formula is C19H20N2OS. The highest BCUT2D eigenvalue weighted by molar-refractivity contribution is 8.13. The van der Waals surface area contributed by atoms with Gasteiger partial charge in [0.1, 0.15) is 0 Å². The maximum absolute atomic E-state index is 12.6. The van der Waals surface area contributed by atoms with Gasteiger partial charge in [-0.05, 0) is 37.1 Å². The number of aryl methyl sites for hydroxylation is 2. The molecule has 0 spiro atoms. The monoisotopic (exact) mass is 324 g/mol. The van der Waals surface area contributed by atoms with Crippen LogP contribution in [0.25, 0.3) is 0 Å². The van der Waals surface area contributed by atoms with E-state index >= 15 is 0 Å². The molecule has 1 aliphatic rings. The molecule has 3 rings (SSSR count). The van der Waals surface area contributed by atoms with Crippen molar-refractivity contribution in [1.82, 2.24) is 4.90 Å². The van der Waals surface area contributed by atoms with Gasteiger partial charge in [-0.3, -0.25) is 14.7 Å². The van der Waals surface area contributed by atoms with Crippen LogP contribution in [0.4, 0.5) is 0 Å². The first-order chi connectivity index (χ1) is 11.1. The number of hydrogen-bond donors (Lipinski definition) is 0. The summed E-state index contributed by atoms with van der Waals surface area (Å²) in [5.41, 5.74) is 4.56. The lowest BCUT2D eigenvalue weighted by Gasteiger charge is -2.18. The van der Waals surface area contributed by atoms with Crippen molar-refractivity contribution >= 4 is 22.8 Å². The van der Waals surface area contributed by atoms with Gasteiger partial charge in [0.25, 0.3) is 5.91 Å². The second-order valence-corrected chi connectivity index (χ2v) is 6.65. The molecule has 1 amide bonds. The number of nitrogens with zero attached hydrogens (tertiary/aromatic N) is 2. The predicted octanol–water partition coefficient (Wildman–Crippen LogP) is 4.05. The Morgan fingerprint density at radius 1 is 1.17 bits per heavy atom. The molecule has 0 aromatic heterocycles. The number of hydrogen-bond acceptors (Lipinski definition) is 3. The molecule has 1 aliphatic heterocycles. The van der Waals surface area contributed by atoms with Crippen molar-refractivity contribution < 1.29 is 4.79 Å². The normalized spacial score (nSPS) is 14.0. The van der Waals surface area contributed by atoms with Crippen LogP contribution in [0.1, 0.15) is 27.0 Å². The highest BCUT2D eigenvalue weighted by atomic mass is 32.2. The van der Waals surface area contributed by atoms with Crippen molar-refractivity contribution in [3.05, 3.63) is 70.8 Å². The lowest BCUT2D eigenvalue weighted by molar-refractivity contribution is 0.0860. The lowest BCUT2D eigenvalue weighted by atomic mass is 10.1. The average molecular weight is 324 g/mol. The number of amidine groups is 1. The summed E-state index contributed by atoms with van der Waals surface area (Å²) in [4.78, 5) is 18.9. The summed E-state index contributed by atoms with van der Waals surface area (Å²) in [7, 11) is 0. The Bertz CT molecular complexity index is 740. The van der Waals surface area contributed by atoms with Gasteiger partial charge in [-0.1, -0.05) is 53.7 Å². The first kappa shape index (κ1) is 15.8. The van der Waals surface area contributed by atoms with E-state index in [0.29, 0.717) is 13.1 Å². The van der Waals surface area contributed by atoms with Gasteiger partial charge >= 0.3 is 0 Å². The SMILES string of the molecule is Cc1ccc(C)c(CSC2=NCCN2C(=O)c2ccccc2)c1. The standard InChI is InChI=1S/C19H20N2OS/c1-14-8-9-15(2)17(12-14)13-23-19-20-10-11-21(19)18(22)16-6-4-3-5-7-16/h3-9,12H,10-11,13H2,1-2H3. The van der Waals surface area contributed by atoms with Crippen LogP contribution < -0.4 is 0 Å². The third kappa shape index (κ3) is 3.64. The molecule has 0 saturated carbocycles. The number of amides is 1. The molecule has 4 heteroatoms. The van der Waals surface area contributed by atoms with Crippen LogP contribution in [0.15, 0.2) is 53.5 Å². The molecule has 0 saturated heterocycles. The van der Waals surface area contributed by atoms with Crippen LogP contribution in [0.2, 0.25) is 0 Å². The van der Waals surface area contributed by atoms with Crippen molar-refractivity contribution in [3.8, 4) is 0 Å². The van der Waals surface area contributed by atoms with Gasteiger partial charge in [0, 0.05) is 17.9 Å². The summed E-state index contributed by atoms with van der Waals surface area (Å²) >= 11 is 1.65. The fourth-order valence-corrected chi connectivity index (χ4v) is 3.68. The van der Waals surface area contributed by atoms with E-state index in [2.05, 4.69) is 37.0 Å². The highest BCUT2D eigenvalue weighted by Crippen LogP contribution is 2.23. The molecule has 23 heavy (non-hydrogen) atoms. The van der Waals surface area contributed by atoms with Crippen molar-refractivity contribution in [2.75, 3.05) is 13.1 Å². The lowest BCUT2D eigenvalue weighted by Crippen LogP contribution is -2.32. The number of benzene rings is 2. The molecular weight excluding hydrogens is 304 g/mol. The van der Waals surface area contributed by atoms with Crippen molar-refractivity contribution in [2.45, 2.75) is 19.6 Å². The van der Waals surface area contributed by atoms with Crippen molar-refractivity contribution in [1.29, 1.82) is 0 Å². The highest BCUT2D eigenvalue weighted by Gasteiger charge is 2.25. The Morgan fingerprint density at radius 2 is 1.96 bits per heavy atom. The first-order valence-corrected chi connectivity index (χ1v) is 8.74. The summed E-state index contributed by atoms with van der Waals surface area (Å²) in [6, 6.07) is 15.9. The Morgan fingerprint density at radius 3 is 2.74 bits per heavy atom. The van der Waals surface area contributed by atoms with Crippen LogP contribution in [0, 0.1) is 13.8 Å². The number of carbonyl (C=O) groups is 1. The summed E-state index contributed by atoms with van der Waals surface area (Å²) in [5, 5.41) is 0.833. The van der Waals surface area contributed by atoms with Gasteiger partial charge in [-0.25, -0.2) is 0 Å². The second-order valence-electron chi connectivity index (χ2n) is 5.71. The minimum absolute atomic E-state index is 0.0373. The van der Waals surface area contributed by atoms with E-state index < -0.39 is 0 Å². The van der Waals surface area contributed by atoms with E-state index in [1.807, 2.05) is 30.3 Å². The zero-order chi connectivity index (χ0) is 16.2. The maximum Gasteiger partial charge on any atom is 0.259 e. The molecule has 0 N–H and O–H groups in total. The van der Waals surface area contributed by atoms with Gasteiger partial charge in [-0.2, -0.15) is 0 Å². The quantitative estimate of drug-likeness (QED) is 0.853. The topological polar surface area (TPSA) is 32.7 Å². The van der Waals surface area contributed by atoms with Gasteiger partial charge in [0.05, 0.1) is 6.54 Å². The van der Waals surface area contributed by atoms with E-state index in [4.69, 9.17) is 0 Å². The zero-order valence-electron chi connectivity index (χ0n) is 13.5. The van der Waals surface area contributed by atoms with E-state index in [0.717, 1.165) is 16.5 Å². The van der Waals surface area contributed by atoms with E-state index in [1.54, 1.807) is 16.7 Å². The smallest absolute Gasteiger partial charge is 0.259 e. The van der Waals surface area contributed by atoms with Gasteiger partial charge in [-0.15, -0.1) is 0 Å². The third-order valence-electron chi connectivity index (χ3n) is 3.93. The zero-order valence-corrected chi connectivity index (χ0v) is 14.3. The van der Waals surface area contributed by atoms with Gasteiger partial charge < -0.3 is 0 Å². The first-order valence-electron chi connectivity index (χ1n) is 7.75. The Labute approximate surface area is 141 Å². The van der Waals surface area contributed by atoms with E-state index in [9.17, 15) is 4.79 Å². The fourth-order valence-electron chi connectivity index (χ4n) is 2.57. The summed E-state index contributed by atoms with van der Waals surface area (Å²) in [5.74, 6) is 0.876. The summed E-state index contributed by atoms with van der Waals surface area (Å²) in [6.07, 6.45) is 0. The minimum atomic E-state index is 0.0373. The minimum Gasteiger partial charge on any atom is -0.286 e. The molecule has 0 unspecified atom stereocenters. The average Bonchev–Trinajstić information content (AvgIpc) is 3.04. The van der Waals surface area contributed by atoms with Gasteiger partial charge in [0.2, 0.25) is 0 Å². The van der Waals surface area contributed by atoms with Crippen LogP contribution in [-0.2, 0) is 5.75 Å². The van der Waals surface area contributed by atoms with Crippen molar-refractivity contribution in [2.24, 2.45) is 4.99 Å². The molecule has 3 nitrogen and oxygen atoms in total. The Balaban J connectivity index is 1.70. The predicted molar refractivity (Wildman–Crippen MR) is 97.0 cm³/mol. The molecule has 0 radical (unpaired) electrons. The number of carbonyl (C=O) groups excluding carboxylic acids is 1. The molecule has 0 bridgehead atoms. The van der Waals surface area contributed by atoms with Crippen LogP contribution >= 0.6 is 11.8 Å². The van der Waals surface area contributed by atoms with Crippen LogP contribution in [0.5, 0.6) is 0 Å². The molecule has 118 valence electrons. The Hall–Kier alpha value is -2.07. The summed E-state index contributed by atoms with van der Waals surface area (Å²) < 4.78 is 0. The molecule has 2 aromatic carbocycles. The van der Waals surface area contributed by atoms with E-state index in [-0.39, 0.29) is 5.91 Å². The third-order valence-corrected chi connectivity index (χ3v) is 4.99. The van der Waals surface area contributed by atoms with E-state index in [1.165, 1.54) is 16.7 Å². The summed E-state index contributed by atoms with van der Waals surface area (Å²) in [6.45, 7) is 5.58. The number of rotatable bonds is 3. The Kier molecular flexibility index (Phi) is 4.82. The molecule has 1 heterocycles. The van der Waals surface area contributed by atoms with Crippen molar-refractivity contribution in [3.63, 3.8) is 0 Å². The molecule has 0 aliphatic carbocycles. The molecule has 0 fully saturated rings.